The Labute approximate surface area is 102 Å². The number of carbonyl (C=O) groups excluding carboxylic acids is 1. The summed E-state index contributed by atoms with van der Waals surface area (Å²) in [7, 11) is -2.20. The van der Waals surface area contributed by atoms with Crippen LogP contribution in [0.1, 0.15) is 27.2 Å². The molecule has 0 aliphatic carbocycles. The first-order valence-corrected chi connectivity index (χ1v) is 6.96. The molecule has 1 heterocycles. The number of rotatable bonds is 3. The van der Waals surface area contributed by atoms with Crippen LogP contribution in [0.15, 0.2) is 0 Å². The number of nitrogens with zero attached hydrogens (tertiary/aromatic N) is 1. The molecule has 0 aromatic carbocycles. The highest BCUT2D eigenvalue weighted by Crippen LogP contribution is 2.20. The zero-order valence-corrected chi connectivity index (χ0v) is 11.5. The standard InChI is InChI=1S/C10H20N2O4S/c1-10(2,3)11-17(14,15)12-6-5-8(7-12)9(13)16-4/h8,11H,5-7H2,1-4H3. The monoisotopic (exact) mass is 264 g/mol. The number of carbonyl (C=O) groups is 1. The maximum absolute atomic E-state index is 12.0. The summed E-state index contributed by atoms with van der Waals surface area (Å²) in [5, 5.41) is 0. The minimum atomic E-state index is -3.52. The minimum absolute atomic E-state index is 0.193. The Bertz CT molecular complexity index is 386. The van der Waals surface area contributed by atoms with Crippen LogP contribution in [0.25, 0.3) is 0 Å². The van der Waals surface area contributed by atoms with Gasteiger partial charge in [-0.3, -0.25) is 4.79 Å². The van der Waals surface area contributed by atoms with E-state index in [0.29, 0.717) is 13.0 Å². The number of hydrogen-bond donors (Lipinski definition) is 1. The van der Waals surface area contributed by atoms with E-state index in [2.05, 4.69) is 9.46 Å². The van der Waals surface area contributed by atoms with E-state index in [1.165, 1.54) is 11.4 Å². The Hall–Kier alpha value is -0.660. The quantitative estimate of drug-likeness (QED) is 0.734. The lowest BCUT2D eigenvalue weighted by Crippen LogP contribution is -2.48. The molecule has 6 nitrogen and oxygen atoms in total. The number of ether oxygens (including phenoxy) is 1. The van der Waals surface area contributed by atoms with Crippen LogP contribution in [0.4, 0.5) is 0 Å². The van der Waals surface area contributed by atoms with E-state index < -0.39 is 15.7 Å². The molecule has 0 amide bonds. The summed E-state index contributed by atoms with van der Waals surface area (Å²) in [6.07, 6.45) is 0.512. The van der Waals surface area contributed by atoms with E-state index in [4.69, 9.17) is 0 Å². The van der Waals surface area contributed by atoms with Gasteiger partial charge in [0, 0.05) is 18.6 Å². The Balaban J connectivity index is 2.68. The summed E-state index contributed by atoms with van der Waals surface area (Å²) in [5.74, 6) is -0.699. The average molecular weight is 264 g/mol. The minimum Gasteiger partial charge on any atom is -0.469 e. The van der Waals surface area contributed by atoms with Gasteiger partial charge in [0.25, 0.3) is 10.2 Å². The lowest BCUT2D eigenvalue weighted by molar-refractivity contribution is -0.144. The zero-order valence-electron chi connectivity index (χ0n) is 10.7. The van der Waals surface area contributed by atoms with E-state index in [1.54, 1.807) is 20.8 Å². The number of nitrogens with one attached hydrogen (secondary N) is 1. The molecule has 100 valence electrons. The molecule has 0 radical (unpaired) electrons. The number of hydrogen-bond acceptors (Lipinski definition) is 4. The van der Waals surface area contributed by atoms with E-state index >= 15 is 0 Å². The van der Waals surface area contributed by atoms with Crippen molar-refractivity contribution in [1.29, 1.82) is 0 Å². The van der Waals surface area contributed by atoms with E-state index in [9.17, 15) is 13.2 Å². The molecule has 0 saturated carbocycles. The first-order valence-electron chi connectivity index (χ1n) is 5.52. The zero-order chi connectivity index (χ0) is 13.3. The Morgan fingerprint density at radius 2 is 2.00 bits per heavy atom. The number of methoxy groups -OCH3 is 1. The molecule has 1 aliphatic heterocycles. The second-order valence-corrected chi connectivity index (χ2v) is 6.89. The molecular formula is C10H20N2O4S. The third kappa shape index (κ3) is 3.93. The molecule has 0 bridgehead atoms. The van der Waals surface area contributed by atoms with E-state index in [1.807, 2.05) is 0 Å². The summed E-state index contributed by atoms with van der Waals surface area (Å²) in [4.78, 5) is 11.3. The average Bonchev–Trinajstić information content (AvgIpc) is 2.62. The van der Waals surface area contributed by atoms with Crippen LogP contribution in [-0.4, -0.2) is 44.4 Å². The van der Waals surface area contributed by atoms with E-state index in [0.717, 1.165) is 0 Å². The normalized spacial score (nSPS) is 22.7. The summed E-state index contributed by atoms with van der Waals surface area (Å²) in [6.45, 7) is 5.87. The van der Waals surface area contributed by atoms with Crippen LogP contribution in [0.3, 0.4) is 0 Å². The molecule has 17 heavy (non-hydrogen) atoms. The first-order chi connectivity index (χ1) is 7.65. The SMILES string of the molecule is COC(=O)C1CCN(S(=O)(=O)NC(C)(C)C)C1. The van der Waals surface area contributed by atoms with Gasteiger partial charge in [-0.1, -0.05) is 0 Å². The summed E-state index contributed by atoms with van der Waals surface area (Å²) < 4.78 is 32.4. The van der Waals surface area contributed by atoms with Crippen molar-refractivity contribution in [3.05, 3.63) is 0 Å². The van der Waals surface area contributed by atoms with Crippen molar-refractivity contribution in [2.75, 3.05) is 20.2 Å². The van der Waals surface area contributed by atoms with Crippen molar-refractivity contribution in [3.63, 3.8) is 0 Å². The van der Waals surface area contributed by atoms with Gasteiger partial charge in [0.1, 0.15) is 0 Å². The lowest BCUT2D eigenvalue weighted by Gasteiger charge is -2.25. The highest BCUT2D eigenvalue weighted by Gasteiger charge is 2.36. The molecule has 1 aliphatic rings. The third-order valence-corrected chi connectivity index (χ3v) is 4.34. The second-order valence-electron chi connectivity index (χ2n) is 5.22. The van der Waals surface area contributed by atoms with Crippen LogP contribution in [0.5, 0.6) is 0 Å². The topological polar surface area (TPSA) is 75.7 Å². The van der Waals surface area contributed by atoms with Crippen molar-refractivity contribution in [3.8, 4) is 0 Å². The highest BCUT2D eigenvalue weighted by molar-refractivity contribution is 7.87. The molecule has 1 atom stereocenters. The second kappa shape index (κ2) is 4.91. The fraction of sp³-hybridized carbons (Fsp3) is 0.900. The van der Waals surface area contributed by atoms with Crippen LogP contribution in [0.2, 0.25) is 0 Å². The predicted octanol–water partition coefficient (Wildman–Crippen LogP) is 0.114. The first kappa shape index (κ1) is 14.4. The predicted molar refractivity (Wildman–Crippen MR) is 63.5 cm³/mol. The summed E-state index contributed by atoms with van der Waals surface area (Å²) in [5.41, 5.74) is -0.526. The Kier molecular flexibility index (Phi) is 4.16. The van der Waals surface area contributed by atoms with Gasteiger partial charge in [-0.15, -0.1) is 0 Å². The van der Waals surface area contributed by atoms with Gasteiger partial charge in [-0.05, 0) is 27.2 Å². The fourth-order valence-electron chi connectivity index (χ4n) is 1.76. The largest absolute Gasteiger partial charge is 0.469 e. The van der Waals surface area contributed by atoms with Crippen LogP contribution in [0, 0.1) is 5.92 Å². The van der Waals surface area contributed by atoms with Crippen molar-refractivity contribution >= 4 is 16.2 Å². The van der Waals surface area contributed by atoms with Gasteiger partial charge >= 0.3 is 5.97 Å². The lowest BCUT2D eigenvalue weighted by atomic mass is 10.1. The molecular weight excluding hydrogens is 244 g/mol. The summed E-state index contributed by atoms with van der Waals surface area (Å²) in [6, 6.07) is 0. The maximum Gasteiger partial charge on any atom is 0.310 e. The summed E-state index contributed by atoms with van der Waals surface area (Å²) >= 11 is 0. The molecule has 0 spiro atoms. The molecule has 0 aromatic heterocycles. The van der Waals surface area contributed by atoms with Gasteiger partial charge < -0.3 is 4.74 Å². The highest BCUT2D eigenvalue weighted by atomic mass is 32.2. The van der Waals surface area contributed by atoms with Crippen LogP contribution >= 0.6 is 0 Å². The van der Waals surface area contributed by atoms with Crippen LogP contribution in [-0.2, 0) is 19.7 Å². The smallest absolute Gasteiger partial charge is 0.310 e. The van der Waals surface area contributed by atoms with Crippen LogP contribution < -0.4 is 4.72 Å². The number of esters is 1. The Morgan fingerprint density at radius 3 is 2.47 bits per heavy atom. The van der Waals surface area contributed by atoms with Gasteiger partial charge in [0.15, 0.2) is 0 Å². The van der Waals surface area contributed by atoms with Gasteiger partial charge in [0.05, 0.1) is 13.0 Å². The molecule has 1 unspecified atom stereocenters. The third-order valence-electron chi connectivity index (χ3n) is 2.46. The molecule has 1 fully saturated rings. The fourth-order valence-corrected chi connectivity index (χ4v) is 3.38. The van der Waals surface area contributed by atoms with Gasteiger partial charge in [-0.25, -0.2) is 0 Å². The Morgan fingerprint density at radius 1 is 1.41 bits per heavy atom. The van der Waals surface area contributed by atoms with Gasteiger partial charge in [-0.2, -0.15) is 17.4 Å². The van der Waals surface area contributed by atoms with Crippen molar-refractivity contribution < 1.29 is 17.9 Å². The maximum atomic E-state index is 12.0. The van der Waals surface area contributed by atoms with Gasteiger partial charge in [0.2, 0.25) is 0 Å². The van der Waals surface area contributed by atoms with E-state index in [-0.39, 0.29) is 18.4 Å². The molecule has 1 rings (SSSR count). The van der Waals surface area contributed by atoms with Crippen molar-refractivity contribution in [2.45, 2.75) is 32.7 Å². The molecule has 1 N–H and O–H groups in total. The van der Waals surface area contributed by atoms with Crippen molar-refractivity contribution in [1.82, 2.24) is 9.03 Å². The molecule has 0 aromatic rings. The molecule has 1 saturated heterocycles. The van der Waals surface area contributed by atoms with Crippen molar-refractivity contribution in [2.24, 2.45) is 5.92 Å². The molecule has 7 heteroatoms.